The predicted octanol–water partition coefficient (Wildman–Crippen LogP) is 0.694. The molecule has 2 atom stereocenters. The standard InChI is InChI=1S/C12H15NO6S/c1-2-8-3-4-11(9(5-8)13(15)16)19-12-7-20(17,18)6-10(12)14/h3-5,10,12,14H,2,6-7H2,1H3. The number of nitro groups is 1. The highest BCUT2D eigenvalue weighted by molar-refractivity contribution is 7.91. The molecule has 0 spiro atoms. The number of sulfone groups is 1. The van der Waals surface area contributed by atoms with Gasteiger partial charge < -0.3 is 9.84 Å². The predicted molar refractivity (Wildman–Crippen MR) is 71.6 cm³/mol. The molecule has 20 heavy (non-hydrogen) atoms. The Morgan fingerprint density at radius 2 is 2.15 bits per heavy atom. The van der Waals surface area contributed by atoms with E-state index in [1.54, 1.807) is 6.07 Å². The summed E-state index contributed by atoms with van der Waals surface area (Å²) in [6, 6.07) is 4.51. The smallest absolute Gasteiger partial charge is 0.311 e. The van der Waals surface area contributed by atoms with E-state index in [9.17, 15) is 23.6 Å². The Kier molecular flexibility index (Phi) is 3.96. The molecular formula is C12H15NO6S. The van der Waals surface area contributed by atoms with Crippen LogP contribution in [0, 0.1) is 10.1 Å². The van der Waals surface area contributed by atoms with Crippen LogP contribution in [0.15, 0.2) is 18.2 Å². The van der Waals surface area contributed by atoms with E-state index in [-0.39, 0.29) is 22.9 Å². The van der Waals surface area contributed by atoms with Gasteiger partial charge in [0.2, 0.25) is 0 Å². The Hall–Kier alpha value is -1.67. The van der Waals surface area contributed by atoms with Crippen LogP contribution in [-0.4, -0.2) is 42.2 Å². The molecule has 1 aromatic rings. The van der Waals surface area contributed by atoms with E-state index in [1.807, 2.05) is 6.92 Å². The van der Waals surface area contributed by atoms with Crippen molar-refractivity contribution >= 4 is 15.5 Å². The monoisotopic (exact) mass is 301 g/mol. The molecule has 1 N–H and O–H groups in total. The fourth-order valence-electron chi connectivity index (χ4n) is 2.10. The molecule has 0 radical (unpaired) electrons. The van der Waals surface area contributed by atoms with Crippen LogP contribution in [0.4, 0.5) is 5.69 Å². The topological polar surface area (TPSA) is 107 Å². The highest BCUT2D eigenvalue weighted by atomic mass is 32.2. The minimum Gasteiger partial charge on any atom is -0.480 e. The molecule has 7 nitrogen and oxygen atoms in total. The van der Waals surface area contributed by atoms with Crippen molar-refractivity contribution in [3.63, 3.8) is 0 Å². The fourth-order valence-corrected chi connectivity index (χ4v) is 3.76. The van der Waals surface area contributed by atoms with Gasteiger partial charge in [-0.2, -0.15) is 0 Å². The van der Waals surface area contributed by atoms with E-state index in [0.29, 0.717) is 6.42 Å². The average molecular weight is 301 g/mol. The van der Waals surface area contributed by atoms with Crippen molar-refractivity contribution in [1.29, 1.82) is 0 Å². The molecule has 0 bridgehead atoms. The summed E-state index contributed by atoms with van der Waals surface area (Å²) in [5.74, 6) is -0.729. The first-order valence-corrected chi connectivity index (χ1v) is 7.97. The summed E-state index contributed by atoms with van der Waals surface area (Å²) in [5.41, 5.74) is 0.560. The van der Waals surface area contributed by atoms with E-state index in [0.717, 1.165) is 5.56 Å². The molecule has 1 aliphatic heterocycles. The Morgan fingerprint density at radius 3 is 2.65 bits per heavy atom. The van der Waals surface area contributed by atoms with Crippen LogP contribution < -0.4 is 4.74 Å². The third-order valence-corrected chi connectivity index (χ3v) is 4.86. The Labute approximate surface area is 116 Å². The maximum Gasteiger partial charge on any atom is 0.311 e. The molecule has 0 amide bonds. The van der Waals surface area contributed by atoms with Gasteiger partial charge in [0.05, 0.1) is 16.4 Å². The Bertz CT molecular complexity index is 627. The molecule has 1 fully saturated rings. The van der Waals surface area contributed by atoms with Crippen LogP contribution in [0.1, 0.15) is 12.5 Å². The van der Waals surface area contributed by atoms with Crippen molar-refractivity contribution in [2.24, 2.45) is 0 Å². The largest absolute Gasteiger partial charge is 0.480 e. The molecule has 0 saturated carbocycles. The summed E-state index contributed by atoms with van der Waals surface area (Å²) < 4.78 is 28.1. The van der Waals surface area contributed by atoms with Crippen molar-refractivity contribution in [2.75, 3.05) is 11.5 Å². The number of nitrogens with zero attached hydrogens (tertiary/aromatic N) is 1. The van der Waals surface area contributed by atoms with Gasteiger partial charge in [0.1, 0.15) is 12.2 Å². The van der Waals surface area contributed by atoms with E-state index in [2.05, 4.69) is 0 Å². The molecule has 0 aliphatic carbocycles. The average Bonchev–Trinajstić information content (AvgIpc) is 2.62. The van der Waals surface area contributed by atoms with Gasteiger partial charge in [-0.3, -0.25) is 10.1 Å². The van der Waals surface area contributed by atoms with E-state index in [4.69, 9.17) is 4.74 Å². The van der Waals surface area contributed by atoms with Gasteiger partial charge in [-0.05, 0) is 18.1 Å². The van der Waals surface area contributed by atoms with Crippen molar-refractivity contribution in [1.82, 2.24) is 0 Å². The molecule has 110 valence electrons. The molecule has 2 rings (SSSR count). The molecule has 1 aromatic carbocycles. The van der Waals surface area contributed by atoms with Crippen molar-refractivity contribution in [3.8, 4) is 5.75 Å². The number of aryl methyl sites for hydroxylation is 1. The van der Waals surface area contributed by atoms with Crippen LogP contribution in [-0.2, 0) is 16.3 Å². The normalized spacial score (nSPS) is 24.5. The maximum absolute atomic E-state index is 11.4. The minimum atomic E-state index is -3.36. The summed E-state index contributed by atoms with van der Waals surface area (Å²) in [4.78, 5) is 10.4. The number of aliphatic hydroxyl groups excluding tert-OH is 1. The summed E-state index contributed by atoms with van der Waals surface area (Å²) in [6.45, 7) is 1.87. The number of hydrogen-bond acceptors (Lipinski definition) is 6. The molecular weight excluding hydrogens is 286 g/mol. The summed E-state index contributed by atoms with van der Waals surface area (Å²) >= 11 is 0. The van der Waals surface area contributed by atoms with Gasteiger partial charge in [0, 0.05) is 6.07 Å². The fraction of sp³-hybridized carbons (Fsp3) is 0.500. The van der Waals surface area contributed by atoms with Crippen molar-refractivity contribution in [2.45, 2.75) is 25.6 Å². The van der Waals surface area contributed by atoms with Crippen LogP contribution in [0.3, 0.4) is 0 Å². The van der Waals surface area contributed by atoms with Gasteiger partial charge in [0.25, 0.3) is 0 Å². The lowest BCUT2D eigenvalue weighted by atomic mass is 10.1. The van der Waals surface area contributed by atoms with Crippen LogP contribution in [0.5, 0.6) is 5.75 Å². The number of hydrogen-bond donors (Lipinski definition) is 1. The minimum absolute atomic E-state index is 0.0200. The first-order chi connectivity index (χ1) is 9.32. The van der Waals surface area contributed by atoms with Gasteiger partial charge >= 0.3 is 5.69 Å². The van der Waals surface area contributed by atoms with E-state index < -0.39 is 27.0 Å². The second kappa shape index (κ2) is 5.37. The molecule has 8 heteroatoms. The summed E-state index contributed by atoms with van der Waals surface area (Å²) in [6.07, 6.45) is -1.49. The molecule has 1 heterocycles. The third-order valence-electron chi connectivity index (χ3n) is 3.18. The number of ether oxygens (including phenoxy) is 1. The van der Waals surface area contributed by atoms with Crippen molar-refractivity contribution in [3.05, 3.63) is 33.9 Å². The van der Waals surface area contributed by atoms with Crippen molar-refractivity contribution < 1.29 is 23.2 Å². The first-order valence-electron chi connectivity index (χ1n) is 6.15. The first kappa shape index (κ1) is 14.7. The van der Waals surface area contributed by atoms with E-state index >= 15 is 0 Å². The molecule has 1 saturated heterocycles. The van der Waals surface area contributed by atoms with Gasteiger partial charge in [-0.25, -0.2) is 8.42 Å². The van der Waals surface area contributed by atoms with Crippen LogP contribution in [0.2, 0.25) is 0 Å². The number of rotatable bonds is 4. The molecule has 2 unspecified atom stereocenters. The second-order valence-electron chi connectivity index (χ2n) is 4.71. The third kappa shape index (κ3) is 3.07. The van der Waals surface area contributed by atoms with Gasteiger partial charge in [-0.15, -0.1) is 0 Å². The zero-order valence-corrected chi connectivity index (χ0v) is 11.7. The lowest BCUT2D eigenvalue weighted by molar-refractivity contribution is -0.386. The Balaban J connectivity index is 2.28. The molecule has 1 aliphatic rings. The summed E-state index contributed by atoms with van der Waals surface area (Å²) in [7, 11) is -3.36. The van der Waals surface area contributed by atoms with Crippen LogP contribution >= 0.6 is 0 Å². The van der Waals surface area contributed by atoms with Gasteiger partial charge in [0.15, 0.2) is 15.6 Å². The maximum atomic E-state index is 11.4. The molecule has 0 aromatic heterocycles. The quantitative estimate of drug-likeness (QED) is 0.648. The number of nitro benzene ring substituents is 1. The van der Waals surface area contributed by atoms with Crippen LogP contribution in [0.25, 0.3) is 0 Å². The number of benzene rings is 1. The zero-order chi connectivity index (χ0) is 14.9. The van der Waals surface area contributed by atoms with E-state index in [1.165, 1.54) is 12.1 Å². The highest BCUT2D eigenvalue weighted by Gasteiger charge is 2.39. The lowest BCUT2D eigenvalue weighted by Gasteiger charge is -2.15. The Morgan fingerprint density at radius 1 is 1.45 bits per heavy atom. The number of aliphatic hydroxyl groups is 1. The second-order valence-corrected chi connectivity index (χ2v) is 6.87. The van der Waals surface area contributed by atoms with Gasteiger partial charge in [-0.1, -0.05) is 13.0 Å². The lowest BCUT2D eigenvalue weighted by Crippen LogP contribution is -2.30. The highest BCUT2D eigenvalue weighted by Crippen LogP contribution is 2.31. The summed E-state index contributed by atoms with van der Waals surface area (Å²) in [5, 5.41) is 20.7. The SMILES string of the molecule is CCc1ccc(OC2CS(=O)(=O)CC2O)c([N+](=O)[O-])c1. The zero-order valence-electron chi connectivity index (χ0n) is 10.9.